The second kappa shape index (κ2) is 5.09. The number of likely N-dealkylation sites (tertiary alicyclic amines) is 1. The monoisotopic (exact) mass is 314 g/mol. The topological polar surface area (TPSA) is 71.8 Å². The highest BCUT2D eigenvalue weighted by Gasteiger charge is 2.44. The number of morpholine rings is 1. The lowest BCUT2D eigenvalue weighted by Gasteiger charge is -2.33. The van der Waals surface area contributed by atoms with Crippen LogP contribution >= 0.6 is 0 Å². The average Bonchev–Trinajstić information content (AvgIpc) is 3.12. The summed E-state index contributed by atoms with van der Waals surface area (Å²) in [5.74, 6) is 0.634. The van der Waals surface area contributed by atoms with Gasteiger partial charge in [-0.2, -0.15) is 0 Å². The third kappa shape index (κ3) is 2.39. The van der Waals surface area contributed by atoms with Crippen LogP contribution in [0.2, 0.25) is 0 Å². The summed E-state index contributed by atoms with van der Waals surface area (Å²) in [6.45, 7) is 3.50. The van der Waals surface area contributed by atoms with Crippen molar-refractivity contribution in [3.63, 3.8) is 0 Å². The molecule has 2 saturated heterocycles. The minimum atomic E-state index is -0.448. The predicted octanol–water partition coefficient (Wildman–Crippen LogP) is 1.47. The van der Waals surface area contributed by atoms with Crippen LogP contribution in [-0.4, -0.2) is 48.6 Å². The standard InChI is InChI=1S/C17H18N2O4/c1-11-7-12-3-2-4-13(15(12)23-11)16(21)19-6-5-17(10-19)9-18-14(20)8-22-17/h2-4,7H,5-6,8-10H2,1H3,(H,18,20). The molecular weight excluding hydrogens is 296 g/mol. The number of amides is 2. The number of ether oxygens (including phenoxy) is 1. The molecule has 2 aliphatic rings. The smallest absolute Gasteiger partial charge is 0.257 e. The molecule has 4 rings (SSSR count). The van der Waals surface area contributed by atoms with Gasteiger partial charge in [0.1, 0.15) is 23.6 Å². The van der Waals surface area contributed by atoms with Crippen molar-refractivity contribution in [3.8, 4) is 0 Å². The normalized spacial score (nSPS) is 24.4. The van der Waals surface area contributed by atoms with Gasteiger partial charge in [0.15, 0.2) is 0 Å². The van der Waals surface area contributed by atoms with E-state index in [4.69, 9.17) is 9.15 Å². The lowest BCUT2D eigenvalue weighted by Crippen LogP contribution is -2.54. The summed E-state index contributed by atoms with van der Waals surface area (Å²) in [5, 5.41) is 3.76. The van der Waals surface area contributed by atoms with Crippen molar-refractivity contribution in [1.29, 1.82) is 0 Å². The van der Waals surface area contributed by atoms with Gasteiger partial charge in [-0.25, -0.2) is 0 Å². The molecule has 6 nitrogen and oxygen atoms in total. The van der Waals surface area contributed by atoms with E-state index in [0.29, 0.717) is 30.8 Å². The first kappa shape index (κ1) is 14.3. The Labute approximate surface area is 133 Å². The Morgan fingerprint density at radius 2 is 2.26 bits per heavy atom. The summed E-state index contributed by atoms with van der Waals surface area (Å²) in [6.07, 6.45) is 0.728. The molecule has 1 aromatic carbocycles. The van der Waals surface area contributed by atoms with Gasteiger partial charge in [0.2, 0.25) is 5.91 Å². The maximum absolute atomic E-state index is 12.9. The van der Waals surface area contributed by atoms with E-state index in [1.54, 1.807) is 11.0 Å². The highest BCUT2D eigenvalue weighted by atomic mass is 16.5. The molecule has 6 heteroatoms. The zero-order valence-corrected chi connectivity index (χ0v) is 12.9. The first-order valence-corrected chi connectivity index (χ1v) is 7.75. The van der Waals surface area contributed by atoms with Gasteiger partial charge >= 0.3 is 0 Å². The SMILES string of the molecule is Cc1cc2cccc(C(=O)N3CCC4(CNC(=O)CO4)C3)c2o1. The summed E-state index contributed by atoms with van der Waals surface area (Å²) >= 11 is 0. The summed E-state index contributed by atoms with van der Waals surface area (Å²) in [6, 6.07) is 7.53. The summed E-state index contributed by atoms with van der Waals surface area (Å²) in [5.41, 5.74) is 0.762. The third-order valence-electron chi connectivity index (χ3n) is 4.62. The first-order valence-electron chi connectivity index (χ1n) is 7.75. The second-order valence-corrected chi connectivity index (χ2v) is 6.31. The summed E-state index contributed by atoms with van der Waals surface area (Å²) < 4.78 is 11.4. The van der Waals surface area contributed by atoms with Crippen LogP contribution in [-0.2, 0) is 9.53 Å². The van der Waals surface area contributed by atoms with Crippen molar-refractivity contribution in [3.05, 3.63) is 35.6 Å². The number of hydrogen-bond donors (Lipinski definition) is 1. The lowest BCUT2D eigenvalue weighted by atomic mass is 10.0. The number of nitrogens with zero attached hydrogens (tertiary/aromatic N) is 1. The maximum atomic E-state index is 12.9. The Balaban J connectivity index is 1.59. The molecule has 1 aromatic heterocycles. The van der Waals surface area contributed by atoms with E-state index in [0.717, 1.165) is 17.6 Å². The van der Waals surface area contributed by atoms with Crippen molar-refractivity contribution < 1.29 is 18.7 Å². The molecule has 2 fully saturated rings. The molecule has 0 radical (unpaired) electrons. The molecule has 1 atom stereocenters. The summed E-state index contributed by atoms with van der Waals surface area (Å²) in [4.78, 5) is 25.9. The molecule has 120 valence electrons. The second-order valence-electron chi connectivity index (χ2n) is 6.31. The van der Waals surface area contributed by atoms with Crippen LogP contribution in [0.15, 0.2) is 28.7 Å². The quantitative estimate of drug-likeness (QED) is 0.865. The van der Waals surface area contributed by atoms with Crippen LogP contribution in [0.5, 0.6) is 0 Å². The molecule has 0 aliphatic carbocycles. The van der Waals surface area contributed by atoms with Gasteiger partial charge in [0.25, 0.3) is 5.91 Å². The van der Waals surface area contributed by atoms with Gasteiger partial charge in [-0.05, 0) is 25.5 Å². The van der Waals surface area contributed by atoms with Crippen LogP contribution in [0.3, 0.4) is 0 Å². The van der Waals surface area contributed by atoms with Crippen molar-refractivity contribution in [2.75, 3.05) is 26.2 Å². The number of aryl methyl sites for hydroxylation is 1. The van der Waals surface area contributed by atoms with Crippen LogP contribution in [0.4, 0.5) is 0 Å². The number of carbonyl (C=O) groups excluding carboxylic acids is 2. The number of furan rings is 1. The van der Waals surface area contributed by atoms with Gasteiger partial charge in [-0.15, -0.1) is 0 Å². The highest BCUT2D eigenvalue weighted by molar-refractivity contribution is 6.05. The fourth-order valence-corrected chi connectivity index (χ4v) is 3.39. The van der Waals surface area contributed by atoms with Crippen LogP contribution < -0.4 is 5.32 Å². The molecule has 3 heterocycles. The number of nitrogens with one attached hydrogen (secondary N) is 1. The molecular formula is C17H18N2O4. The third-order valence-corrected chi connectivity index (χ3v) is 4.62. The minimum absolute atomic E-state index is 0.0534. The van der Waals surface area contributed by atoms with Crippen molar-refractivity contribution in [2.45, 2.75) is 18.9 Å². The number of para-hydroxylation sites is 1. The Hall–Kier alpha value is -2.34. The van der Waals surface area contributed by atoms with E-state index in [2.05, 4.69) is 5.32 Å². The molecule has 1 unspecified atom stereocenters. The number of hydrogen-bond acceptors (Lipinski definition) is 4. The maximum Gasteiger partial charge on any atom is 0.257 e. The summed E-state index contributed by atoms with van der Waals surface area (Å²) in [7, 11) is 0. The fraction of sp³-hybridized carbons (Fsp3) is 0.412. The predicted molar refractivity (Wildman–Crippen MR) is 83.2 cm³/mol. The molecule has 2 aliphatic heterocycles. The zero-order valence-electron chi connectivity index (χ0n) is 12.9. The van der Waals surface area contributed by atoms with Crippen molar-refractivity contribution in [1.82, 2.24) is 10.2 Å². The molecule has 0 saturated carbocycles. The van der Waals surface area contributed by atoms with E-state index < -0.39 is 5.60 Å². The lowest BCUT2D eigenvalue weighted by molar-refractivity contribution is -0.141. The van der Waals surface area contributed by atoms with Gasteiger partial charge in [-0.3, -0.25) is 9.59 Å². The van der Waals surface area contributed by atoms with E-state index in [1.807, 2.05) is 25.1 Å². The van der Waals surface area contributed by atoms with Crippen molar-refractivity contribution >= 4 is 22.8 Å². The van der Waals surface area contributed by atoms with E-state index >= 15 is 0 Å². The Bertz CT molecular complexity index is 785. The van der Waals surface area contributed by atoms with Crippen molar-refractivity contribution in [2.24, 2.45) is 0 Å². The van der Waals surface area contributed by atoms with Gasteiger partial charge in [-0.1, -0.05) is 12.1 Å². The average molecular weight is 314 g/mol. The molecule has 1 N–H and O–H groups in total. The Morgan fingerprint density at radius 3 is 3.04 bits per heavy atom. The highest BCUT2D eigenvalue weighted by Crippen LogP contribution is 2.30. The van der Waals surface area contributed by atoms with E-state index in [-0.39, 0.29) is 18.4 Å². The zero-order chi connectivity index (χ0) is 16.0. The van der Waals surface area contributed by atoms with E-state index in [9.17, 15) is 9.59 Å². The van der Waals surface area contributed by atoms with Gasteiger partial charge in [0.05, 0.1) is 12.1 Å². The first-order chi connectivity index (χ1) is 11.1. The molecule has 2 aromatic rings. The molecule has 0 bridgehead atoms. The van der Waals surface area contributed by atoms with Crippen LogP contribution in [0.25, 0.3) is 11.0 Å². The molecule has 23 heavy (non-hydrogen) atoms. The van der Waals surface area contributed by atoms with Gasteiger partial charge in [0, 0.05) is 18.5 Å². The molecule has 1 spiro atoms. The number of fused-ring (bicyclic) bond motifs is 1. The molecule has 2 amide bonds. The number of benzene rings is 1. The van der Waals surface area contributed by atoms with E-state index in [1.165, 1.54) is 0 Å². The minimum Gasteiger partial charge on any atom is -0.461 e. The largest absolute Gasteiger partial charge is 0.461 e. The number of carbonyl (C=O) groups is 2. The number of rotatable bonds is 1. The van der Waals surface area contributed by atoms with Crippen LogP contribution in [0, 0.1) is 6.92 Å². The van der Waals surface area contributed by atoms with Gasteiger partial charge < -0.3 is 19.4 Å². The van der Waals surface area contributed by atoms with Crippen LogP contribution in [0.1, 0.15) is 22.5 Å². The Morgan fingerprint density at radius 1 is 1.39 bits per heavy atom. The fourth-order valence-electron chi connectivity index (χ4n) is 3.39. The Kier molecular flexibility index (Phi) is 3.16.